The number of H-pyrrole nitrogens is 1. The molecule has 3 heterocycles. The molecule has 2 aromatic rings. The van der Waals surface area contributed by atoms with Gasteiger partial charge in [-0.25, -0.2) is 4.98 Å². The van der Waals surface area contributed by atoms with E-state index in [0.29, 0.717) is 54.5 Å². The molecule has 0 saturated carbocycles. The fourth-order valence-corrected chi connectivity index (χ4v) is 3.90. The van der Waals surface area contributed by atoms with Crippen LogP contribution in [0.3, 0.4) is 0 Å². The van der Waals surface area contributed by atoms with E-state index in [9.17, 15) is 9.59 Å². The maximum Gasteiger partial charge on any atom is 0.258 e. The highest BCUT2D eigenvalue weighted by molar-refractivity contribution is 5.82. The number of amides is 1. The van der Waals surface area contributed by atoms with Gasteiger partial charge in [-0.05, 0) is 18.9 Å². The average Bonchev–Trinajstić information content (AvgIpc) is 3.28. The van der Waals surface area contributed by atoms with Crippen LogP contribution in [0.15, 0.2) is 16.9 Å². The first-order valence-corrected chi connectivity index (χ1v) is 9.86. The Hall–Kier alpha value is -2.65. The second-order valence-electron chi connectivity index (χ2n) is 7.34. The molecular formula is C20H26N4O5. The van der Waals surface area contributed by atoms with Crippen LogP contribution in [0.1, 0.15) is 18.7 Å². The minimum atomic E-state index is -0.271. The number of ether oxygens (including phenoxy) is 3. The molecule has 1 aromatic carbocycles. The first-order valence-electron chi connectivity index (χ1n) is 9.86. The number of hydrogen-bond donors (Lipinski definition) is 1. The summed E-state index contributed by atoms with van der Waals surface area (Å²) >= 11 is 0. The summed E-state index contributed by atoms with van der Waals surface area (Å²) in [6.07, 6.45) is 1.50. The largest absolute Gasteiger partial charge is 0.493 e. The molecule has 0 bridgehead atoms. The number of carbonyl (C=O) groups is 1. The summed E-state index contributed by atoms with van der Waals surface area (Å²) in [6, 6.07) is 3.35. The zero-order chi connectivity index (χ0) is 20.4. The molecular weight excluding hydrogens is 376 g/mol. The monoisotopic (exact) mass is 402 g/mol. The number of piperazine rings is 1. The van der Waals surface area contributed by atoms with E-state index in [1.165, 1.54) is 7.11 Å². The van der Waals surface area contributed by atoms with Gasteiger partial charge in [-0.2, -0.15) is 0 Å². The maximum absolute atomic E-state index is 12.5. The van der Waals surface area contributed by atoms with Crippen LogP contribution < -0.4 is 15.0 Å². The molecule has 4 rings (SSSR count). The number of nitrogens with zero attached hydrogens (tertiary/aromatic N) is 3. The number of aromatic nitrogens is 2. The quantitative estimate of drug-likeness (QED) is 0.789. The lowest BCUT2D eigenvalue weighted by molar-refractivity contribution is -0.142. The standard InChI is InChI=1S/C20H26N4O5/c1-27-16-10-13-14(11-17(16)28-2)21-18(22-19(13)25)12-23-5-7-24(8-6-23)20(26)15-4-3-9-29-15/h10-11,15H,3-9,12H2,1-2H3,(H,21,22,25). The number of nitrogens with one attached hydrogen (secondary N) is 1. The molecule has 9 nitrogen and oxygen atoms in total. The summed E-state index contributed by atoms with van der Waals surface area (Å²) in [5.41, 5.74) is 0.353. The Labute approximate surface area is 168 Å². The number of fused-ring (bicyclic) bond motifs is 1. The fourth-order valence-electron chi connectivity index (χ4n) is 3.90. The molecule has 0 radical (unpaired) electrons. The Morgan fingerprint density at radius 2 is 1.93 bits per heavy atom. The van der Waals surface area contributed by atoms with Crippen LogP contribution in [0.25, 0.3) is 10.9 Å². The number of carbonyl (C=O) groups excluding carboxylic acids is 1. The lowest BCUT2D eigenvalue weighted by Crippen LogP contribution is -2.51. The Morgan fingerprint density at radius 3 is 2.59 bits per heavy atom. The zero-order valence-corrected chi connectivity index (χ0v) is 16.8. The average molecular weight is 402 g/mol. The lowest BCUT2D eigenvalue weighted by atomic mass is 10.2. The fraction of sp³-hybridized carbons (Fsp3) is 0.550. The van der Waals surface area contributed by atoms with Crippen molar-refractivity contribution in [1.29, 1.82) is 0 Å². The number of rotatable bonds is 5. The normalized spacial score (nSPS) is 20.2. The predicted octanol–water partition coefficient (Wildman–Crippen LogP) is 0.764. The summed E-state index contributed by atoms with van der Waals surface area (Å²) in [5.74, 6) is 1.71. The Balaban J connectivity index is 1.44. The Bertz CT molecular complexity index is 946. The van der Waals surface area contributed by atoms with Crippen molar-refractivity contribution in [1.82, 2.24) is 19.8 Å². The summed E-state index contributed by atoms with van der Waals surface area (Å²) in [4.78, 5) is 36.5. The van der Waals surface area contributed by atoms with Gasteiger partial charge in [0.05, 0.1) is 31.7 Å². The third kappa shape index (κ3) is 4.06. The van der Waals surface area contributed by atoms with Crippen LogP contribution in [0.5, 0.6) is 11.5 Å². The van der Waals surface area contributed by atoms with E-state index in [-0.39, 0.29) is 17.6 Å². The second kappa shape index (κ2) is 8.38. The van der Waals surface area contributed by atoms with Crippen LogP contribution >= 0.6 is 0 Å². The van der Waals surface area contributed by atoms with Gasteiger partial charge in [0, 0.05) is 38.9 Å². The topological polar surface area (TPSA) is 97.0 Å². The van der Waals surface area contributed by atoms with Gasteiger partial charge in [-0.1, -0.05) is 0 Å². The van der Waals surface area contributed by atoms with E-state index in [2.05, 4.69) is 14.9 Å². The molecule has 1 unspecified atom stereocenters. The molecule has 1 aromatic heterocycles. The third-order valence-electron chi connectivity index (χ3n) is 5.52. The molecule has 1 N–H and O–H groups in total. The molecule has 2 aliphatic heterocycles. The van der Waals surface area contributed by atoms with Crippen molar-refractivity contribution >= 4 is 16.8 Å². The maximum atomic E-state index is 12.5. The van der Waals surface area contributed by atoms with Gasteiger partial charge >= 0.3 is 0 Å². The molecule has 1 amide bonds. The van der Waals surface area contributed by atoms with Crippen molar-refractivity contribution in [3.05, 3.63) is 28.3 Å². The first kappa shape index (κ1) is 19.7. The van der Waals surface area contributed by atoms with E-state index in [0.717, 1.165) is 25.9 Å². The number of methoxy groups -OCH3 is 2. The highest BCUT2D eigenvalue weighted by Gasteiger charge is 2.30. The van der Waals surface area contributed by atoms with E-state index < -0.39 is 0 Å². The molecule has 0 spiro atoms. The van der Waals surface area contributed by atoms with E-state index in [4.69, 9.17) is 14.2 Å². The van der Waals surface area contributed by atoms with E-state index >= 15 is 0 Å². The van der Waals surface area contributed by atoms with Crippen LogP contribution in [0.4, 0.5) is 0 Å². The predicted molar refractivity (Wildman–Crippen MR) is 106 cm³/mol. The van der Waals surface area contributed by atoms with Gasteiger partial charge in [-0.15, -0.1) is 0 Å². The van der Waals surface area contributed by atoms with Gasteiger partial charge < -0.3 is 24.1 Å². The molecule has 0 aliphatic carbocycles. The van der Waals surface area contributed by atoms with Gasteiger partial charge in [0.15, 0.2) is 11.5 Å². The highest BCUT2D eigenvalue weighted by atomic mass is 16.5. The van der Waals surface area contributed by atoms with E-state index in [1.54, 1.807) is 19.2 Å². The number of hydrogen-bond acceptors (Lipinski definition) is 7. The number of aromatic amines is 1. The molecule has 1 atom stereocenters. The SMILES string of the molecule is COc1cc2nc(CN3CCN(C(=O)C4CCCO4)CC3)[nH]c(=O)c2cc1OC. The number of benzene rings is 1. The smallest absolute Gasteiger partial charge is 0.258 e. The van der Waals surface area contributed by atoms with Crippen LogP contribution in [-0.2, 0) is 16.1 Å². The third-order valence-corrected chi connectivity index (χ3v) is 5.52. The van der Waals surface area contributed by atoms with Crippen LogP contribution in [0.2, 0.25) is 0 Å². The molecule has 2 saturated heterocycles. The van der Waals surface area contributed by atoms with Gasteiger partial charge in [0.25, 0.3) is 11.5 Å². The van der Waals surface area contributed by atoms with Crippen LogP contribution in [0, 0.1) is 0 Å². The van der Waals surface area contributed by atoms with Gasteiger partial charge in [0.1, 0.15) is 11.9 Å². The molecule has 9 heteroatoms. The summed E-state index contributed by atoms with van der Waals surface area (Å²) < 4.78 is 16.1. The van der Waals surface area contributed by atoms with Crippen molar-refractivity contribution in [2.24, 2.45) is 0 Å². The van der Waals surface area contributed by atoms with Crippen molar-refractivity contribution in [3.63, 3.8) is 0 Å². The molecule has 29 heavy (non-hydrogen) atoms. The van der Waals surface area contributed by atoms with E-state index in [1.807, 2.05) is 4.90 Å². The Kier molecular flexibility index (Phi) is 5.68. The minimum absolute atomic E-state index is 0.0976. The van der Waals surface area contributed by atoms with Crippen molar-refractivity contribution in [3.8, 4) is 11.5 Å². The highest BCUT2D eigenvalue weighted by Crippen LogP contribution is 2.30. The summed E-state index contributed by atoms with van der Waals surface area (Å²) in [6.45, 7) is 3.96. The van der Waals surface area contributed by atoms with Crippen molar-refractivity contribution in [2.45, 2.75) is 25.5 Å². The van der Waals surface area contributed by atoms with Crippen LogP contribution in [-0.4, -0.2) is 78.8 Å². The Morgan fingerprint density at radius 1 is 1.21 bits per heavy atom. The van der Waals surface area contributed by atoms with Crippen molar-refractivity contribution < 1.29 is 19.0 Å². The molecule has 156 valence electrons. The first-order chi connectivity index (χ1) is 14.1. The molecule has 2 fully saturated rings. The van der Waals surface area contributed by atoms with Gasteiger partial charge in [0.2, 0.25) is 0 Å². The zero-order valence-electron chi connectivity index (χ0n) is 16.8. The lowest BCUT2D eigenvalue weighted by Gasteiger charge is -2.35. The summed E-state index contributed by atoms with van der Waals surface area (Å²) in [7, 11) is 3.08. The minimum Gasteiger partial charge on any atom is -0.493 e. The van der Waals surface area contributed by atoms with Crippen molar-refractivity contribution in [2.75, 3.05) is 47.0 Å². The van der Waals surface area contributed by atoms with Gasteiger partial charge in [-0.3, -0.25) is 14.5 Å². The summed E-state index contributed by atoms with van der Waals surface area (Å²) in [5, 5.41) is 0.457. The molecule has 2 aliphatic rings. The second-order valence-corrected chi connectivity index (χ2v) is 7.34.